The summed E-state index contributed by atoms with van der Waals surface area (Å²) in [5.41, 5.74) is 8.92. The first-order valence-corrected chi connectivity index (χ1v) is 6.09. The number of nitrogen functional groups attached to an aromatic ring is 1. The van der Waals surface area contributed by atoms with Gasteiger partial charge in [-0.05, 0) is 6.07 Å². The summed E-state index contributed by atoms with van der Waals surface area (Å²) in [6.45, 7) is 0.543. The third kappa shape index (κ3) is 2.75. The third-order valence-electron chi connectivity index (χ3n) is 2.27. The van der Waals surface area contributed by atoms with Crippen LogP contribution < -0.4 is 11.1 Å². The molecule has 0 unspecified atom stereocenters. The first-order chi connectivity index (χ1) is 8.70. The standard InChI is InChI=1S/C11H12N4O2S/c1-17-11(16)8-2-10(14-4-9(8)12)13-3-7-5-18-6-15-7/h2,4-6H,3,12H2,1H3,(H,13,14). The largest absolute Gasteiger partial charge is 0.465 e. The Kier molecular flexibility index (Phi) is 3.73. The zero-order valence-electron chi connectivity index (χ0n) is 9.71. The molecule has 0 aliphatic rings. The number of pyridine rings is 1. The lowest BCUT2D eigenvalue weighted by Crippen LogP contribution is -2.09. The number of hydrogen-bond acceptors (Lipinski definition) is 7. The Morgan fingerprint density at radius 1 is 1.56 bits per heavy atom. The van der Waals surface area contributed by atoms with Crippen molar-refractivity contribution in [1.82, 2.24) is 9.97 Å². The third-order valence-corrected chi connectivity index (χ3v) is 2.91. The molecule has 2 aromatic heterocycles. The molecule has 7 heteroatoms. The number of methoxy groups -OCH3 is 1. The molecule has 0 saturated heterocycles. The lowest BCUT2D eigenvalue weighted by atomic mass is 10.2. The van der Waals surface area contributed by atoms with Crippen molar-refractivity contribution in [2.75, 3.05) is 18.2 Å². The monoisotopic (exact) mass is 264 g/mol. The van der Waals surface area contributed by atoms with E-state index in [1.54, 1.807) is 11.6 Å². The molecule has 6 nitrogen and oxygen atoms in total. The van der Waals surface area contributed by atoms with Crippen LogP contribution in [0.2, 0.25) is 0 Å². The average molecular weight is 264 g/mol. The van der Waals surface area contributed by atoms with Crippen LogP contribution in [0.5, 0.6) is 0 Å². The van der Waals surface area contributed by atoms with Gasteiger partial charge in [-0.25, -0.2) is 14.8 Å². The fraction of sp³-hybridized carbons (Fsp3) is 0.182. The van der Waals surface area contributed by atoms with Gasteiger partial charge in [0, 0.05) is 5.38 Å². The van der Waals surface area contributed by atoms with Gasteiger partial charge < -0.3 is 15.8 Å². The van der Waals surface area contributed by atoms with Crippen LogP contribution in [0.3, 0.4) is 0 Å². The highest BCUT2D eigenvalue weighted by molar-refractivity contribution is 7.07. The first-order valence-electron chi connectivity index (χ1n) is 5.15. The average Bonchev–Trinajstić information content (AvgIpc) is 2.90. The Morgan fingerprint density at radius 3 is 3.06 bits per heavy atom. The van der Waals surface area contributed by atoms with Gasteiger partial charge in [0.25, 0.3) is 0 Å². The van der Waals surface area contributed by atoms with Crippen molar-refractivity contribution in [3.8, 4) is 0 Å². The van der Waals surface area contributed by atoms with E-state index in [0.29, 0.717) is 23.6 Å². The molecule has 0 aliphatic carbocycles. The quantitative estimate of drug-likeness (QED) is 0.814. The van der Waals surface area contributed by atoms with Crippen LogP contribution in [0.4, 0.5) is 11.5 Å². The topological polar surface area (TPSA) is 90.1 Å². The van der Waals surface area contributed by atoms with E-state index < -0.39 is 5.97 Å². The molecule has 0 spiro atoms. The normalized spacial score (nSPS) is 10.1. The van der Waals surface area contributed by atoms with Crippen LogP contribution in [-0.4, -0.2) is 23.0 Å². The Labute approximate surface area is 108 Å². The van der Waals surface area contributed by atoms with Crippen molar-refractivity contribution in [3.05, 3.63) is 34.4 Å². The van der Waals surface area contributed by atoms with Crippen molar-refractivity contribution in [3.63, 3.8) is 0 Å². The van der Waals surface area contributed by atoms with Gasteiger partial charge in [0.15, 0.2) is 0 Å². The summed E-state index contributed by atoms with van der Waals surface area (Å²) in [4.78, 5) is 19.7. The molecule has 0 aliphatic heterocycles. The van der Waals surface area contributed by atoms with E-state index >= 15 is 0 Å². The van der Waals surface area contributed by atoms with Crippen molar-refractivity contribution in [2.24, 2.45) is 0 Å². The number of anilines is 2. The number of thiazole rings is 1. The van der Waals surface area contributed by atoms with Crippen LogP contribution in [0, 0.1) is 0 Å². The summed E-state index contributed by atoms with van der Waals surface area (Å²) >= 11 is 1.52. The second-order valence-corrected chi connectivity index (χ2v) is 4.20. The van der Waals surface area contributed by atoms with Crippen molar-refractivity contribution in [2.45, 2.75) is 6.54 Å². The van der Waals surface area contributed by atoms with Gasteiger partial charge in [-0.3, -0.25) is 0 Å². The maximum atomic E-state index is 11.5. The number of ether oxygens (including phenoxy) is 1. The molecule has 2 rings (SSSR count). The fourth-order valence-electron chi connectivity index (χ4n) is 1.36. The number of nitrogens with zero attached hydrogens (tertiary/aromatic N) is 2. The molecule has 0 fully saturated rings. The minimum atomic E-state index is -0.480. The first kappa shape index (κ1) is 12.3. The maximum Gasteiger partial charge on any atom is 0.340 e. The van der Waals surface area contributed by atoms with Gasteiger partial charge in [-0.15, -0.1) is 11.3 Å². The van der Waals surface area contributed by atoms with Gasteiger partial charge in [-0.2, -0.15) is 0 Å². The SMILES string of the molecule is COC(=O)c1cc(NCc2cscn2)ncc1N. The number of esters is 1. The highest BCUT2D eigenvalue weighted by atomic mass is 32.1. The van der Waals surface area contributed by atoms with Gasteiger partial charge in [0.2, 0.25) is 0 Å². The summed E-state index contributed by atoms with van der Waals surface area (Å²) in [5.74, 6) is 0.0733. The Balaban J connectivity index is 2.12. The van der Waals surface area contributed by atoms with E-state index in [4.69, 9.17) is 5.73 Å². The summed E-state index contributed by atoms with van der Waals surface area (Å²) in [5, 5.41) is 5.00. The molecule has 0 atom stereocenters. The molecule has 2 aromatic rings. The molecule has 0 radical (unpaired) electrons. The van der Waals surface area contributed by atoms with Gasteiger partial charge in [0.1, 0.15) is 5.82 Å². The smallest absolute Gasteiger partial charge is 0.340 e. The number of carbonyl (C=O) groups excluding carboxylic acids is 1. The van der Waals surface area contributed by atoms with Gasteiger partial charge >= 0.3 is 5.97 Å². The molecule has 94 valence electrons. The molecule has 0 bridgehead atoms. The zero-order valence-corrected chi connectivity index (χ0v) is 10.5. The molecule has 18 heavy (non-hydrogen) atoms. The van der Waals surface area contributed by atoms with E-state index in [0.717, 1.165) is 5.69 Å². The lowest BCUT2D eigenvalue weighted by molar-refractivity contribution is 0.0602. The molecular formula is C11H12N4O2S. The second-order valence-electron chi connectivity index (χ2n) is 3.48. The summed E-state index contributed by atoms with van der Waals surface area (Å²) in [7, 11) is 1.31. The van der Waals surface area contributed by atoms with Crippen molar-refractivity contribution in [1.29, 1.82) is 0 Å². The second kappa shape index (κ2) is 5.46. The lowest BCUT2D eigenvalue weighted by Gasteiger charge is -2.07. The van der Waals surface area contributed by atoms with E-state index in [2.05, 4.69) is 20.0 Å². The number of carbonyl (C=O) groups is 1. The number of nitrogens with two attached hydrogens (primary N) is 1. The molecule has 0 saturated carbocycles. The number of rotatable bonds is 4. The van der Waals surface area contributed by atoms with E-state index in [1.807, 2.05) is 5.38 Å². The summed E-state index contributed by atoms with van der Waals surface area (Å²) in [6, 6.07) is 1.56. The van der Waals surface area contributed by atoms with Gasteiger partial charge in [-0.1, -0.05) is 0 Å². The number of aromatic nitrogens is 2. The maximum absolute atomic E-state index is 11.5. The van der Waals surface area contributed by atoms with Crippen LogP contribution in [0.25, 0.3) is 0 Å². The molecule has 0 amide bonds. The number of nitrogens with one attached hydrogen (secondary N) is 1. The van der Waals surface area contributed by atoms with Crippen molar-refractivity contribution < 1.29 is 9.53 Å². The molecule has 0 aromatic carbocycles. The predicted octanol–water partition coefficient (Wildman–Crippen LogP) is 1.52. The molecule has 2 heterocycles. The van der Waals surface area contributed by atoms with Gasteiger partial charge in [0.05, 0.1) is 42.3 Å². The highest BCUT2D eigenvalue weighted by Gasteiger charge is 2.11. The van der Waals surface area contributed by atoms with Crippen LogP contribution in [0.15, 0.2) is 23.2 Å². The van der Waals surface area contributed by atoms with Crippen LogP contribution in [-0.2, 0) is 11.3 Å². The van der Waals surface area contributed by atoms with Crippen molar-refractivity contribution >= 4 is 28.8 Å². The fourth-order valence-corrected chi connectivity index (χ4v) is 1.91. The number of hydrogen-bond donors (Lipinski definition) is 2. The molecular weight excluding hydrogens is 252 g/mol. The highest BCUT2D eigenvalue weighted by Crippen LogP contribution is 2.16. The Morgan fingerprint density at radius 2 is 2.39 bits per heavy atom. The summed E-state index contributed by atoms with van der Waals surface area (Å²) < 4.78 is 4.64. The van der Waals surface area contributed by atoms with Crippen LogP contribution in [0.1, 0.15) is 16.1 Å². The Hall–Kier alpha value is -2.15. The molecule has 3 N–H and O–H groups in total. The van der Waals surface area contributed by atoms with E-state index in [1.165, 1.54) is 24.6 Å². The minimum absolute atomic E-state index is 0.293. The summed E-state index contributed by atoms with van der Waals surface area (Å²) in [6.07, 6.45) is 1.43. The Bertz CT molecular complexity index is 542. The minimum Gasteiger partial charge on any atom is -0.465 e. The van der Waals surface area contributed by atoms with E-state index in [9.17, 15) is 4.79 Å². The predicted molar refractivity (Wildman–Crippen MR) is 69.4 cm³/mol. The van der Waals surface area contributed by atoms with E-state index in [-0.39, 0.29) is 0 Å². The van der Waals surface area contributed by atoms with Crippen LogP contribution >= 0.6 is 11.3 Å². The zero-order chi connectivity index (χ0) is 13.0.